The van der Waals surface area contributed by atoms with Crippen molar-refractivity contribution in [3.05, 3.63) is 18.2 Å². The first-order valence-electron chi connectivity index (χ1n) is 6.97. The number of hydrogen-bond acceptors (Lipinski definition) is 5. The average molecular weight is 338 g/mol. The molecule has 23 heavy (non-hydrogen) atoms. The second-order valence-corrected chi connectivity index (χ2v) is 5.57. The van der Waals surface area contributed by atoms with Crippen LogP contribution in [0.15, 0.2) is 18.2 Å². The van der Waals surface area contributed by atoms with Crippen LogP contribution >= 0.6 is 11.6 Å². The number of fused-ring (bicyclic) bond motifs is 1. The maximum Gasteiger partial charge on any atom is 0.323 e. The summed E-state index contributed by atoms with van der Waals surface area (Å²) in [5.74, 6) is -0.667. The number of halogens is 1. The molecule has 1 aromatic carbocycles. The molecule has 2 rings (SSSR count). The lowest BCUT2D eigenvalue weighted by atomic mass is 10.2. The molecule has 0 saturated carbocycles. The number of aliphatic carboxylic acids is 1. The summed E-state index contributed by atoms with van der Waals surface area (Å²) in [6.07, 6.45) is 0. The summed E-state index contributed by atoms with van der Waals surface area (Å²) in [4.78, 5) is 25.8. The molecule has 0 saturated heterocycles. The Hall–Kier alpha value is -2.46. The van der Waals surface area contributed by atoms with Gasteiger partial charge in [0.1, 0.15) is 24.3 Å². The van der Waals surface area contributed by atoms with Gasteiger partial charge < -0.3 is 19.6 Å². The highest BCUT2D eigenvalue weighted by molar-refractivity contribution is 6.22. The average Bonchev–Trinajstić information content (AvgIpc) is 2.51. The van der Waals surface area contributed by atoms with Crippen LogP contribution in [0.25, 0.3) is 0 Å². The van der Waals surface area contributed by atoms with Gasteiger partial charge in [-0.1, -0.05) is 0 Å². The van der Waals surface area contributed by atoms with Crippen molar-refractivity contribution in [2.24, 2.45) is 0 Å². The predicted molar refractivity (Wildman–Crippen MR) is 85.1 cm³/mol. The fraction of sp³-hybridized carbons (Fsp3) is 0.400. The van der Waals surface area contributed by atoms with Crippen molar-refractivity contribution in [2.45, 2.75) is 12.3 Å². The van der Waals surface area contributed by atoms with E-state index in [1.54, 1.807) is 23.1 Å². The van der Waals surface area contributed by atoms with E-state index in [-0.39, 0.29) is 19.0 Å². The minimum absolute atomic E-state index is 0.0605. The highest BCUT2D eigenvalue weighted by Gasteiger charge is 2.23. The Kier molecular flexibility index (Phi) is 5.29. The van der Waals surface area contributed by atoms with E-state index in [2.05, 4.69) is 0 Å². The molecule has 1 heterocycles. The standard InChI is InChI=1S/C15H16ClN3O4/c1-10(20)19(8-11(16)7-17)12-2-3-13-14(6-12)23-5-4-18(13)9-15(21)22/h2-3,6,11H,4-5,8-9H2,1H3,(H,21,22). The van der Waals surface area contributed by atoms with Gasteiger partial charge in [0.2, 0.25) is 5.91 Å². The smallest absolute Gasteiger partial charge is 0.323 e. The van der Waals surface area contributed by atoms with E-state index in [1.807, 2.05) is 6.07 Å². The highest BCUT2D eigenvalue weighted by Crippen LogP contribution is 2.35. The third kappa shape index (κ3) is 4.05. The van der Waals surface area contributed by atoms with E-state index in [0.717, 1.165) is 0 Å². The number of carbonyl (C=O) groups excluding carboxylic acids is 1. The molecule has 0 fully saturated rings. The summed E-state index contributed by atoms with van der Waals surface area (Å²) in [6.45, 7) is 2.17. The monoisotopic (exact) mass is 337 g/mol. The minimum atomic E-state index is -0.925. The molecule has 0 aromatic heterocycles. The second kappa shape index (κ2) is 7.20. The van der Waals surface area contributed by atoms with Crippen molar-refractivity contribution in [3.63, 3.8) is 0 Å². The van der Waals surface area contributed by atoms with Gasteiger partial charge in [0.15, 0.2) is 0 Å². The number of benzene rings is 1. The number of ether oxygens (including phenoxy) is 1. The van der Waals surface area contributed by atoms with E-state index >= 15 is 0 Å². The second-order valence-electron chi connectivity index (χ2n) is 5.04. The summed E-state index contributed by atoms with van der Waals surface area (Å²) < 4.78 is 5.57. The molecule has 1 atom stereocenters. The molecule has 1 aromatic rings. The zero-order valence-corrected chi connectivity index (χ0v) is 13.3. The van der Waals surface area contributed by atoms with Crippen LogP contribution in [0.2, 0.25) is 0 Å². The van der Waals surface area contributed by atoms with E-state index in [0.29, 0.717) is 30.3 Å². The lowest BCUT2D eigenvalue weighted by Gasteiger charge is -2.31. The zero-order valence-electron chi connectivity index (χ0n) is 12.5. The van der Waals surface area contributed by atoms with Crippen molar-refractivity contribution in [1.82, 2.24) is 0 Å². The lowest BCUT2D eigenvalue weighted by Crippen LogP contribution is -2.37. The third-order valence-corrected chi connectivity index (χ3v) is 3.64. The van der Waals surface area contributed by atoms with Gasteiger partial charge in [0.05, 0.1) is 24.8 Å². The molecular formula is C15H16ClN3O4. The summed E-state index contributed by atoms with van der Waals surface area (Å²) in [5.41, 5.74) is 1.21. The Morgan fingerprint density at radius 2 is 2.30 bits per heavy atom. The van der Waals surface area contributed by atoms with Crippen LogP contribution in [-0.4, -0.2) is 48.6 Å². The molecule has 1 aliphatic rings. The SMILES string of the molecule is CC(=O)N(CC(Cl)C#N)c1ccc2c(c1)OCCN2CC(=O)O. The number of rotatable bonds is 5. The maximum atomic E-state index is 11.8. The summed E-state index contributed by atoms with van der Waals surface area (Å²) in [5, 5.41) is 16.9. The van der Waals surface area contributed by atoms with Crippen LogP contribution < -0.4 is 14.5 Å². The topological polar surface area (TPSA) is 93.9 Å². The molecule has 1 amide bonds. The summed E-state index contributed by atoms with van der Waals surface area (Å²) in [6, 6.07) is 6.93. The van der Waals surface area contributed by atoms with E-state index in [9.17, 15) is 9.59 Å². The Morgan fingerprint density at radius 3 is 2.91 bits per heavy atom. The first-order chi connectivity index (χ1) is 10.9. The Morgan fingerprint density at radius 1 is 1.57 bits per heavy atom. The lowest BCUT2D eigenvalue weighted by molar-refractivity contribution is -0.135. The van der Waals surface area contributed by atoms with Crippen LogP contribution in [0.1, 0.15) is 6.92 Å². The molecule has 0 bridgehead atoms. The Labute approximate surface area is 138 Å². The van der Waals surface area contributed by atoms with Crippen LogP contribution in [0, 0.1) is 11.3 Å². The molecule has 0 spiro atoms. The van der Waals surface area contributed by atoms with Crippen molar-refractivity contribution in [1.29, 1.82) is 5.26 Å². The number of anilines is 2. The number of alkyl halides is 1. The number of nitrogens with zero attached hydrogens (tertiary/aromatic N) is 3. The van der Waals surface area contributed by atoms with Crippen LogP contribution in [0.3, 0.4) is 0 Å². The Balaban J connectivity index is 2.30. The number of carboxylic acids is 1. The molecule has 1 N–H and O–H groups in total. The number of nitriles is 1. The van der Waals surface area contributed by atoms with Crippen molar-refractivity contribution in [3.8, 4) is 11.8 Å². The van der Waals surface area contributed by atoms with Crippen molar-refractivity contribution in [2.75, 3.05) is 36.0 Å². The largest absolute Gasteiger partial charge is 0.489 e. The molecule has 122 valence electrons. The maximum absolute atomic E-state index is 11.8. The molecule has 0 aliphatic carbocycles. The molecule has 7 nitrogen and oxygen atoms in total. The highest BCUT2D eigenvalue weighted by atomic mass is 35.5. The van der Waals surface area contributed by atoms with E-state index < -0.39 is 11.3 Å². The van der Waals surface area contributed by atoms with Gasteiger partial charge in [-0.2, -0.15) is 5.26 Å². The number of carbonyl (C=O) groups is 2. The van der Waals surface area contributed by atoms with Crippen LogP contribution in [-0.2, 0) is 9.59 Å². The normalized spacial score (nSPS) is 14.2. The molecular weight excluding hydrogens is 322 g/mol. The van der Waals surface area contributed by atoms with Gasteiger partial charge in [0, 0.05) is 18.7 Å². The third-order valence-electron chi connectivity index (χ3n) is 3.40. The summed E-state index contributed by atoms with van der Waals surface area (Å²) >= 11 is 5.82. The number of hydrogen-bond donors (Lipinski definition) is 1. The fourth-order valence-electron chi connectivity index (χ4n) is 2.38. The van der Waals surface area contributed by atoms with E-state index in [4.69, 9.17) is 26.7 Å². The predicted octanol–water partition coefficient (Wildman–Crippen LogP) is 1.45. The molecule has 1 unspecified atom stereocenters. The summed E-state index contributed by atoms with van der Waals surface area (Å²) in [7, 11) is 0. The van der Waals surface area contributed by atoms with Crippen LogP contribution in [0.4, 0.5) is 11.4 Å². The van der Waals surface area contributed by atoms with Gasteiger partial charge in [-0.15, -0.1) is 11.6 Å². The fourth-order valence-corrected chi connectivity index (χ4v) is 2.52. The van der Waals surface area contributed by atoms with Gasteiger partial charge in [-0.25, -0.2) is 0 Å². The van der Waals surface area contributed by atoms with E-state index in [1.165, 1.54) is 11.8 Å². The number of amides is 1. The first-order valence-corrected chi connectivity index (χ1v) is 7.41. The van der Waals surface area contributed by atoms with Gasteiger partial charge >= 0.3 is 5.97 Å². The van der Waals surface area contributed by atoms with Crippen molar-refractivity contribution < 1.29 is 19.4 Å². The quantitative estimate of drug-likeness (QED) is 0.817. The molecule has 0 radical (unpaired) electrons. The van der Waals surface area contributed by atoms with Crippen molar-refractivity contribution >= 4 is 34.9 Å². The number of carboxylic acid groups (broad SMARTS) is 1. The van der Waals surface area contributed by atoms with Crippen LogP contribution in [0.5, 0.6) is 5.75 Å². The first kappa shape index (κ1) is 16.9. The minimum Gasteiger partial charge on any atom is -0.489 e. The van der Waals surface area contributed by atoms with Gasteiger partial charge in [-0.3, -0.25) is 9.59 Å². The zero-order chi connectivity index (χ0) is 17.0. The van der Waals surface area contributed by atoms with Gasteiger partial charge in [0.25, 0.3) is 0 Å². The molecule has 8 heteroatoms. The van der Waals surface area contributed by atoms with Gasteiger partial charge in [-0.05, 0) is 12.1 Å². The molecule has 1 aliphatic heterocycles. The Bertz CT molecular complexity index is 659.